The molecule has 0 aliphatic carbocycles. The van der Waals surface area contributed by atoms with E-state index in [0.29, 0.717) is 5.75 Å². The Morgan fingerprint density at radius 3 is 2.50 bits per heavy atom. The van der Waals surface area contributed by atoms with Crippen LogP contribution in [0.4, 0.5) is 0 Å². The molecule has 0 spiro atoms. The Bertz CT molecular complexity index is 563. The summed E-state index contributed by atoms with van der Waals surface area (Å²) in [7, 11) is -3.20. The van der Waals surface area contributed by atoms with Gasteiger partial charge in [-0.05, 0) is 31.0 Å². The SMILES string of the molecule is CC(C)C(C)S(=O)(=O)CCOc1cccc(C(=O)O)c1. The lowest BCUT2D eigenvalue weighted by molar-refractivity contribution is 0.0696. The summed E-state index contributed by atoms with van der Waals surface area (Å²) < 4.78 is 29.2. The number of sulfone groups is 1. The number of benzene rings is 1. The van der Waals surface area contributed by atoms with E-state index in [1.165, 1.54) is 12.1 Å². The summed E-state index contributed by atoms with van der Waals surface area (Å²) in [5, 5.41) is 8.43. The highest BCUT2D eigenvalue weighted by Crippen LogP contribution is 2.15. The first-order valence-corrected chi connectivity index (χ1v) is 8.13. The summed E-state index contributed by atoms with van der Waals surface area (Å²) in [5.74, 6) is -0.715. The summed E-state index contributed by atoms with van der Waals surface area (Å²) in [6, 6.07) is 5.99. The third kappa shape index (κ3) is 4.52. The van der Waals surface area contributed by atoms with Crippen LogP contribution < -0.4 is 4.74 Å². The lowest BCUT2D eigenvalue weighted by Crippen LogP contribution is -2.28. The molecule has 0 radical (unpaired) electrons. The smallest absolute Gasteiger partial charge is 0.335 e. The maximum absolute atomic E-state index is 12.0. The van der Waals surface area contributed by atoms with E-state index in [1.807, 2.05) is 13.8 Å². The molecule has 1 unspecified atom stereocenters. The minimum Gasteiger partial charge on any atom is -0.493 e. The van der Waals surface area contributed by atoms with Crippen molar-refractivity contribution in [3.05, 3.63) is 29.8 Å². The van der Waals surface area contributed by atoms with Crippen molar-refractivity contribution in [1.82, 2.24) is 0 Å². The van der Waals surface area contributed by atoms with Gasteiger partial charge < -0.3 is 9.84 Å². The van der Waals surface area contributed by atoms with Crippen LogP contribution in [0.2, 0.25) is 0 Å². The van der Waals surface area contributed by atoms with Gasteiger partial charge in [0.1, 0.15) is 12.4 Å². The number of hydrogen-bond donors (Lipinski definition) is 1. The van der Waals surface area contributed by atoms with E-state index >= 15 is 0 Å². The standard InChI is InChI=1S/C14H20O5S/c1-10(2)11(3)20(17,18)8-7-19-13-6-4-5-12(9-13)14(15)16/h4-6,9-11H,7-8H2,1-3H3,(H,15,16). The van der Waals surface area contributed by atoms with Crippen LogP contribution in [0.3, 0.4) is 0 Å². The van der Waals surface area contributed by atoms with E-state index in [4.69, 9.17) is 9.84 Å². The van der Waals surface area contributed by atoms with Crippen LogP contribution in [0.25, 0.3) is 0 Å². The number of hydrogen-bond acceptors (Lipinski definition) is 4. The molecule has 0 aliphatic rings. The molecule has 1 aromatic carbocycles. The van der Waals surface area contributed by atoms with Crippen molar-refractivity contribution in [2.75, 3.05) is 12.4 Å². The van der Waals surface area contributed by atoms with Crippen LogP contribution in [0, 0.1) is 5.92 Å². The first-order valence-electron chi connectivity index (χ1n) is 6.41. The number of ether oxygens (including phenoxy) is 1. The van der Waals surface area contributed by atoms with E-state index in [2.05, 4.69) is 0 Å². The van der Waals surface area contributed by atoms with E-state index < -0.39 is 21.1 Å². The second kappa shape index (κ2) is 6.74. The van der Waals surface area contributed by atoms with Gasteiger partial charge in [-0.3, -0.25) is 0 Å². The molecule has 0 heterocycles. The topological polar surface area (TPSA) is 80.7 Å². The zero-order valence-electron chi connectivity index (χ0n) is 11.9. The van der Waals surface area contributed by atoms with Crippen LogP contribution in [-0.4, -0.2) is 37.1 Å². The van der Waals surface area contributed by atoms with Gasteiger partial charge in [-0.2, -0.15) is 0 Å². The molecular formula is C14H20O5S. The van der Waals surface area contributed by atoms with Gasteiger partial charge in [0, 0.05) is 0 Å². The van der Waals surface area contributed by atoms with Crippen molar-refractivity contribution >= 4 is 15.8 Å². The van der Waals surface area contributed by atoms with Crippen LogP contribution >= 0.6 is 0 Å². The number of carbonyl (C=O) groups is 1. The minimum atomic E-state index is -3.20. The number of rotatable bonds is 7. The lowest BCUT2D eigenvalue weighted by Gasteiger charge is -2.16. The first-order chi connectivity index (χ1) is 9.24. The van der Waals surface area contributed by atoms with Crippen molar-refractivity contribution in [1.29, 1.82) is 0 Å². The molecule has 0 saturated carbocycles. The van der Waals surface area contributed by atoms with Crippen LogP contribution in [-0.2, 0) is 9.84 Å². The second-order valence-corrected chi connectivity index (χ2v) is 7.48. The zero-order chi connectivity index (χ0) is 15.3. The van der Waals surface area contributed by atoms with Gasteiger partial charge in [0.05, 0.1) is 16.6 Å². The Labute approximate surface area is 119 Å². The Morgan fingerprint density at radius 1 is 1.30 bits per heavy atom. The molecule has 0 aromatic heterocycles. The Hall–Kier alpha value is -1.56. The van der Waals surface area contributed by atoms with Gasteiger partial charge in [-0.25, -0.2) is 13.2 Å². The highest BCUT2D eigenvalue weighted by molar-refractivity contribution is 7.92. The maximum atomic E-state index is 12.0. The van der Waals surface area contributed by atoms with E-state index in [-0.39, 0.29) is 23.8 Å². The fraction of sp³-hybridized carbons (Fsp3) is 0.500. The summed E-state index contributed by atoms with van der Waals surface area (Å²) in [4.78, 5) is 10.8. The Kier molecular flexibility index (Phi) is 5.56. The van der Waals surface area contributed by atoms with Crippen molar-refractivity contribution in [2.24, 2.45) is 5.92 Å². The van der Waals surface area contributed by atoms with E-state index in [0.717, 1.165) is 0 Å². The van der Waals surface area contributed by atoms with Gasteiger partial charge in [-0.1, -0.05) is 19.9 Å². The second-order valence-electron chi connectivity index (χ2n) is 5.00. The molecule has 1 rings (SSSR count). The molecule has 20 heavy (non-hydrogen) atoms. The van der Waals surface area contributed by atoms with Gasteiger partial charge >= 0.3 is 5.97 Å². The summed E-state index contributed by atoms with van der Waals surface area (Å²) >= 11 is 0. The zero-order valence-corrected chi connectivity index (χ0v) is 12.7. The van der Waals surface area contributed by atoms with Crippen molar-refractivity contribution in [2.45, 2.75) is 26.0 Å². The third-order valence-corrected chi connectivity index (χ3v) is 5.64. The summed E-state index contributed by atoms with van der Waals surface area (Å²) in [5.41, 5.74) is 0.112. The molecule has 6 heteroatoms. The predicted molar refractivity (Wildman–Crippen MR) is 77.0 cm³/mol. The van der Waals surface area contributed by atoms with E-state index in [9.17, 15) is 13.2 Å². The molecule has 0 bridgehead atoms. The molecule has 0 aliphatic heterocycles. The fourth-order valence-corrected chi connectivity index (χ4v) is 3.11. The monoisotopic (exact) mass is 300 g/mol. The summed E-state index contributed by atoms with van der Waals surface area (Å²) in [6.07, 6.45) is 0. The maximum Gasteiger partial charge on any atom is 0.335 e. The van der Waals surface area contributed by atoms with Crippen LogP contribution in [0.5, 0.6) is 5.75 Å². The molecular weight excluding hydrogens is 280 g/mol. The largest absolute Gasteiger partial charge is 0.493 e. The lowest BCUT2D eigenvalue weighted by atomic mass is 10.2. The fourth-order valence-electron chi connectivity index (χ4n) is 1.60. The van der Waals surface area contributed by atoms with Gasteiger partial charge in [0.2, 0.25) is 0 Å². The van der Waals surface area contributed by atoms with Crippen LogP contribution in [0.15, 0.2) is 24.3 Å². The van der Waals surface area contributed by atoms with Gasteiger partial charge in [0.25, 0.3) is 0 Å². The number of aromatic carboxylic acids is 1. The Morgan fingerprint density at radius 2 is 1.95 bits per heavy atom. The van der Waals surface area contributed by atoms with Gasteiger partial charge in [0.15, 0.2) is 9.84 Å². The number of carboxylic acids is 1. The molecule has 1 aromatic rings. The number of carboxylic acid groups (broad SMARTS) is 1. The molecule has 112 valence electrons. The van der Waals surface area contributed by atoms with Gasteiger partial charge in [-0.15, -0.1) is 0 Å². The van der Waals surface area contributed by atoms with Crippen molar-refractivity contribution in [3.8, 4) is 5.75 Å². The van der Waals surface area contributed by atoms with Crippen molar-refractivity contribution in [3.63, 3.8) is 0 Å². The van der Waals surface area contributed by atoms with E-state index in [1.54, 1.807) is 19.1 Å². The molecule has 0 saturated heterocycles. The predicted octanol–water partition coefficient (Wildman–Crippen LogP) is 2.22. The molecule has 1 atom stereocenters. The minimum absolute atomic E-state index is 0.0163. The molecule has 0 fully saturated rings. The molecule has 5 nitrogen and oxygen atoms in total. The first kappa shape index (κ1) is 16.5. The summed E-state index contributed by atoms with van der Waals surface area (Å²) in [6.45, 7) is 5.42. The highest BCUT2D eigenvalue weighted by Gasteiger charge is 2.23. The average Bonchev–Trinajstić information content (AvgIpc) is 2.37. The normalized spacial score (nSPS) is 13.2. The van der Waals surface area contributed by atoms with Crippen LogP contribution in [0.1, 0.15) is 31.1 Å². The van der Waals surface area contributed by atoms with Crippen molar-refractivity contribution < 1.29 is 23.1 Å². The third-order valence-electron chi connectivity index (χ3n) is 3.22. The highest BCUT2D eigenvalue weighted by atomic mass is 32.2. The quantitative estimate of drug-likeness (QED) is 0.835. The molecule has 1 N–H and O–H groups in total. The average molecular weight is 300 g/mol. The Balaban J connectivity index is 2.61. The molecule has 0 amide bonds.